The van der Waals surface area contributed by atoms with Gasteiger partial charge in [-0.3, -0.25) is 14.9 Å². The van der Waals surface area contributed by atoms with Crippen LogP contribution in [0.2, 0.25) is 5.02 Å². The SMILES string of the molecule is CCCCCCCCOc1c(Cl)cc(/C=C2\C(=O)NC(=O)N(c3ccc(Br)cc3)C2=O)cc1OC. The smallest absolute Gasteiger partial charge is 0.335 e. The third-order valence-corrected chi connectivity index (χ3v) is 6.30. The molecule has 1 fully saturated rings. The Morgan fingerprint density at radius 1 is 1.03 bits per heavy atom. The molecule has 0 unspecified atom stereocenters. The van der Waals surface area contributed by atoms with Crippen LogP contribution in [0, 0.1) is 0 Å². The number of imide groups is 2. The molecule has 186 valence electrons. The van der Waals surface area contributed by atoms with Crippen LogP contribution < -0.4 is 19.7 Å². The summed E-state index contributed by atoms with van der Waals surface area (Å²) in [4.78, 5) is 38.9. The van der Waals surface area contributed by atoms with Gasteiger partial charge in [-0.15, -0.1) is 0 Å². The van der Waals surface area contributed by atoms with E-state index in [1.165, 1.54) is 38.9 Å². The van der Waals surface area contributed by atoms with E-state index < -0.39 is 17.8 Å². The molecule has 1 aliphatic heterocycles. The Morgan fingerprint density at radius 3 is 2.40 bits per heavy atom. The Labute approximate surface area is 218 Å². The summed E-state index contributed by atoms with van der Waals surface area (Å²) >= 11 is 9.78. The number of anilines is 1. The number of benzene rings is 2. The monoisotopic (exact) mass is 562 g/mol. The molecule has 7 nitrogen and oxygen atoms in total. The van der Waals surface area contributed by atoms with Gasteiger partial charge in [-0.05, 0) is 54.5 Å². The zero-order valence-electron chi connectivity index (χ0n) is 19.7. The molecule has 0 bridgehead atoms. The lowest BCUT2D eigenvalue weighted by Crippen LogP contribution is -2.54. The average Bonchev–Trinajstić information content (AvgIpc) is 2.83. The molecule has 3 rings (SSSR count). The van der Waals surface area contributed by atoms with E-state index in [4.69, 9.17) is 21.1 Å². The second-order valence-electron chi connectivity index (χ2n) is 8.08. The molecule has 1 heterocycles. The van der Waals surface area contributed by atoms with Gasteiger partial charge in [0.1, 0.15) is 5.57 Å². The second-order valence-corrected chi connectivity index (χ2v) is 9.41. The highest BCUT2D eigenvalue weighted by molar-refractivity contribution is 9.10. The van der Waals surface area contributed by atoms with Crippen LogP contribution >= 0.6 is 27.5 Å². The first kappa shape index (κ1) is 26.8. The molecule has 2 aromatic carbocycles. The Bertz CT molecular complexity index is 1120. The standard InChI is InChI=1S/C26H28BrClN2O5/c1-3-4-5-6-7-8-13-35-23-21(28)15-17(16-22(23)34-2)14-20-24(31)29-26(33)30(25(20)32)19-11-9-18(27)10-12-19/h9-12,14-16H,3-8,13H2,1-2H3,(H,29,31,33)/b20-14+. The molecule has 35 heavy (non-hydrogen) atoms. The quantitative estimate of drug-likeness (QED) is 0.191. The van der Waals surface area contributed by atoms with E-state index in [1.54, 1.807) is 36.4 Å². The van der Waals surface area contributed by atoms with E-state index in [0.717, 1.165) is 22.2 Å². The Hall–Kier alpha value is -2.84. The molecule has 1 saturated heterocycles. The molecule has 0 atom stereocenters. The fourth-order valence-corrected chi connectivity index (χ4v) is 4.21. The molecule has 2 aromatic rings. The van der Waals surface area contributed by atoms with Crippen molar-refractivity contribution in [2.75, 3.05) is 18.6 Å². The summed E-state index contributed by atoms with van der Waals surface area (Å²) in [6.45, 7) is 2.69. The number of barbiturate groups is 1. The molecule has 0 aromatic heterocycles. The molecule has 0 spiro atoms. The number of rotatable bonds is 11. The number of amides is 4. The van der Waals surface area contributed by atoms with Crippen molar-refractivity contribution in [1.82, 2.24) is 5.32 Å². The Kier molecular flexibility index (Phi) is 9.74. The maximum atomic E-state index is 13.1. The number of ether oxygens (including phenoxy) is 2. The van der Waals surface area contributed by atoms with Crippen LogP contribution in [0.5, 0.6) is 11.5 Å². The summed E-state index contributed by atoms with van der Waals surface area (Å²) in [7, 11) is 1.49. The lowest BCUT2D eigenvalue weighted by molar-refractivity contribution is -0.122. The fourth-order valence-electron chi connectivity index (χ4n) is 3.67. The summed E-state index contributed by atoms with van der Waals surface area (Å²) in [6.07, 6.45) is 8.20. The van der Waals surface area contributed by atoms with E-state index in [0.29, 0.717) is 34.4 Å². The number of hydrogen-bond donors (Lipinski definition) is 1. The van der Waals surface area contributed by atoms with Gasteiger partial charge in [-0.25, -0.2) is 9.69 Å². The highest BCUT2D eigenvalue weighted by Crippen LogP contribution is 2.37. The van der Waals surface area contributed by atoms with Crippen LogP contribution in [-0.4, -0.2) is 31.6 Å². The molecule has 4 amide bonds. The van der Waals surface area contributed by atoms with Gasteiger partial charge < -0.3 is 9.47 Å². The van der Waals surface area contributed by atoms with E-state index in [1.807, 2.05) is 0 Å². The van der Waals surface area contributed by atoms with Crippen molar-refractivity contribution < 1.29 is 23.9 Å². The molecule has 1 aliphatic rings. The van der Waals surface area contributed by atoms with E-state index in [9.17, 15) is 14.4 Å². The van der Waals surface area contributed by atoms with Gasteiger partial charge in [0.25, 0.3) is 11.8 Å². The average molecular weight is 564 g/mol. The highest BCUT2D eigenvalue weighted by atomic mass is 79.9. The topological polar surface area (TPSA) is 84.9 Å². The lowest BCUT2D eigenvalue weighted by atomic mass is 10.1. The minimum absolute atomic E-state index is 0.202. The van der Waals surface area contributed by atoms with Crippen molar-refractivity contribution in [1.29, 1.82) is 0 Å². The van der Waals surface area contributed by atoms with Crippen LogP contribution in [0.25, 0.3) is 6.08 Å². The van der Waals surface area contributed by atoms with Crippen molar-refractivity contribution in [3.05, 3.63) is 57.0 Å². The van der Waals surface area contributed by atoms with E-state index in [-0.39, 0.29) is 5.57 Å². The first-order chi connectivity index (χ1) is 16.8. The first-order valence-electron chi connectivity index (χ1n) is 11.5. The van der Waals surface area contributed by atoms with Gasteiger partial charge in [0.2, 0.25) is 0 Å². The van der Waals surface area contributed by atoms with Crippen molar-refractivity contribution in [3.63, 3.8) is 0 Å². The lowest BCUT2D eigenvalue weighted by Gasteiger charge is -2.26. The Morgan fingerprint density at radius 2 is 1.71 bits per heavy atom. The van der Waals surface area contributed by atoms with Gasteiger partial charge in [0.15, 0.2) is 11.5 Å². The van der Waals surface area contributed by atoms with E-state index in [2.05, 4.69) is 28.2 Å². The van der Waals surface area contributed by atoms with Crippen LogP contribution in [0.4, 0.5) is 10.5 Å². The summed E-state index contributed by atoms with van der Waals surface area (Å²) in [5.74, 6) is -0.720. The number of halogens is 2. The van der Waals surface area contributed by atoms with Gasteiger partial charge in [-0.1, -0.05) is 66.6 Å². The third kappa shape index (κ3) is 6.86. The van der Waals surface area contributed by atoms with Crippen LogP contribution in [0.1, 0.15) is 51.0 Å². The number of unbranched alkanes of at least 4 members (excludes halogenated alkanes) is 5. The number of hydrogen-bond acceptors (Lipinski definition) is 5. The summed E-state index contributed by atoms with van der Waals surface area (Å²) in [6, 6.07) is 9.02. The third-order valence-electron chi connectivity index (χ3n) is 5.49. The fraction of sp³-hybridized carbons (Fsp3) is 0.346. The largest absolute Gasteiger partial charge is 0.493 e. The van der Waals surface area contributed by atoms with Crippen molar-refractivity contribution in [2.45, 2.75) is 45.4 Å². The van der Waals surface area contributed by atoms with Gasteiger partial charge in [0.05, 0.1) is 24.4 Å². The number of urea groups is 1. The van der Waals surface area contributed by atoms with Crippen LogP contribution in [0.3, 0.4) is 0 Å². The predicted octanol–water partition coefficient (Wildman–Crippen LogP) is 6.52. The van der Waals surface area contributed by atoms with E-state index >= 15 is 0 Å². The summed E-state index contributed by atoms with van der Waals surface area (Å²) < 4.78 is 12.1. The molecular weight excluding hydrogens is 536 g/mol. The van der Waals surface area contributed by atoms with Crippen molar-refractivity contribution in [2.24, 2.45) is 0 Å². The minimum Gasteiger partial charge on any atom is -0.493 e. The summed E-state index contributed by atoms with van der Waals surface area (Å²) in [5.41, 5.74) is 0.594. The number of nitrogens with one attached hydrogen (secondary N) is 1. The van der Waals surface area contributed by atoms with Gasteiger partial charge in [-0.2, -0.15) is 0 Å². The number of carbonyl (C=O) groups excluding carboxylic acids is 3. The normalized spacial score (nSPS) is 14.9. The summed E-state index contributed by atoms with van der Waals surface area (Å²) in [5, 5.41) is 2.51. The highest BCUT2D eigenvalue weighted by Gasteiger charge is 2.36. The molecule has 1 N–H and O–H groups in total. The Balaban J connectivity index is 1.78. The number of nitrogens with zero attached hydrogens (tertiary/aromatic N) is 1. The predicted molar refractivity (Wildman–Crippen MR) is 140 cm³/mol. The zero-order valence-corrected chi connectivity index (χ0v) is 22.1. The number of methoxy groups -OCH3 is 1. The van der Waals surface area contributed by atoms with Crippen molar-refractivity contribution >= 4 is 57.1 Å². The maximum Gasteiger partial charge on any atom is 0.335 e. The molecule has 0 radical (unpaired) electrons. The maximum absolute atomic E-state index is 13.1. The first-order valence-corrected chi connectivity index (χ1v) is 12.7. The van der Waals surface area contributed by atoms with Gasteiger partial charge in [0, 0.05) is 4.47 Å². The molecule has 0 saturated carbocycles. The molecule has 0 aliphatic carbocycles. The van der Waals surface area contributed by atoms with Crippen molar-refractivity contribution in [3.8, 4) is 11.5 Å². The minimum atomic E-state index is -0.812. The molecular formula is C26H28BrClN2O5. The van der Waals surface area contributed by atoms with Gasteiger partial charge >= 0.3 is 6.03 Å². The molecule has 9 heteroatoms. The number of carbonyl (C=O) groups is 3. The second kappa shape index (κ2) is 12.7. The van der Waals surface area contributed by atoms with Crippen LogP contribution in [-0.2, 0) is 9.59 Å². The van der Waals surface area contributed by atoms with Crippen LogP contribution in [0.15, 0.2) is 46.4 Å². The zero-order chi connectivity index (χ0) is 25.4.